The van der Waals surface area contributed by atoms with E-state index in [4.69, 9.17) is 0 Å². The topological polar surface area (TPSA) is 78.8 Å². The summed E-state index contributed by atoms with van der Waals surface area (Å²) >= 11 is 0. The number of nitrogens with one attached hydrogen (secondary N) is 1. The monoisotopic (exact) mass is 425 g/mol. The summed E-state index contributed by atoms with van der Waals surface area (Å²) in [7, 11) is -3.58. The zero-order chi connectivity index (χ0) is 21.0. The van der Waals surface area contributed by atoms with E-state index in [0.29, 0.717) is 18.7 Å². The highest BCUT2D eigenvalue weighted by Gasteiger charge is 2.26. The molecule has 2 aromatic carbocycles. The van der Waals surface area contributed by atoms with Crippen LogP contribution in [0.25, 0.3) is 0 Å². The average molecular weight is 426 g/mol. The summed E-state index contributed by atoms with van der Waals surface area (Å²) in [6, 6.07) is 14.4. The maximum absolute atomic E-state index is 12.9. The second kappa shape index (κ2) is 9.10. The highest BCUT2D eigenvalue weighted by Crippen LogP contribution is 2.22. The van der Waals surface area contributed by atoms with Gasteiger partial charge >= 0.3 is 0 Å². The van der Waals surface area contributed by atoms with Gasteiger partial charge in [-0.3, -0.25) is 4.79 Å². The molecule has 1 aliphatic heterocycles. The molecule has 1 aliphatic carbocycles. The van der Waals surface area contributed by atoms with Crippen molar-refractivity contribution >= 4 is 21.6 Å². The Labute approximate surface area is 178 Å². The molecule has 2 aliphatic rings. The third-order valence-electron chi connectivity index (χ3n) is 5.78. The molecule has 1 saturated heterocycles. The van der Waals surface area contributed by atoms with E-state index in [1.165, 1.54) is 15.9 Å². The lowest BCUT2D eigenvalue weighted by Gasteiger charge is -2.25. The molecule has 4 rings (SSSR count). The summed E-state index contributed by atoms with van der Waals surface area (Å²) in [6.45, 7) is 1.07. The van der Waals surface area contributed by atoms with E-state index in [2.05, 4.69) is 16.6 Å². The van der Waals surface area contributed by atoms with Crippen LogP contribution in [0.1, 0.15) is 60.0 Å². The summed E-state index contributed by atoms with van der Waals surface area (Å²) in [5, 5.41) is 4.40. The number of fused-ring (bicyclic) bond motifs is 1. The second-order valence-electron chi connectivity index (χ2n) is 7.86. The highest BCUT2D eigenvalue weighted by molar-refractivity contribution is 7.89. The number of hydrazone groups is 1. The lowest BCUT2D eigenvalue weighted by molar-refractivity contribution is 0.0954. The summed E-state index contributed by atoms with van der Waals surface area (Å²) < 4.78 is 27.3. The van der Waals surface area contributed by atoms with Crippen LogP contribution in [0, 0.1) is 0 Å². The molecular formula is C23H27N3O3S. The minimum Gasteiger partial charge on any atom is -0.267 e. The minimum absolute atomic E-state index is 0.157. The molecule has 0 atom stereocenters. The lowest BCUT2D eigenvalue weighted by atomic mass is 10.0. The molecule has 1 heterocycles. The first-order valence-electron chi connectivity index (χ1n) is 10.6. The standard InChI is InChI=1S/C23H27N3O3S/c27-23(25-24-22-14-5-3-10-18-9-2-4-13-21(18)22)19-11-8-12-20(17-19)30(28,29)26-15-6-1-7-16-26/h2,4,8-9,11-13,17H,1,3,5-7,10,14-16H2,(H,25,27)/b24-22-. The predicted molar refractivity (Wildman–Crippen MR) is 117 cm³/mol. The number of piperidine rings is 1. The summed E-state index contributed by atoms with van der Waals surface area (Å²) in [5.41, 5.74) is 6.12. The molecule has 2 aromatic rings. The second-order valence-corrected chi connectivity index (χ2v) is 9.79. The summed E-state index contributed by atoms with van der Waals surface area (Å²) in [5.74, 6) is -0.403. The number of aryl methyl sites for hydroxylation is 1. The quantitative estimate of drug-likeness (QED) is 0.599. The van der Waals surface area contributed by atoms with Gasteiger partial charge in [-0.15, -0.1) is 0 Å². The Balaban J connectivity index is 1.53. The Hall–Kier alpha value is -2.51. The molecule has 0 spiro atoms. The number of hydrogen-bond donors (Lipinski definition) is 1. The van der Waals surface area contributed by atoms with Gasteiger partial charge in [0.2, 0.25) is 10.0 Å². The van der Waals surface area contributed by atoms with Crippen LogP contribution < -0.4 is 5.43 Å². The third-order valence-corrected chi connectivity index (χ3v) is 7.67. The molecule has 0 unspecified atom stereocenters. The normalized spacial score (nSPS) is 19.1. The maximum Gasteiger partial charge on any atom is 0.271 e. The molecule has 1 fully saturated rings. The van der Waals surface area contributed by atoms with E-state index >= 15 is 0 Å². The van der Waals surface area contributed by atoms with Gasteiger partial charge in [0.25, 0.3) is 5.91 Å². The average Bonchev–Trinajstić information content (AvgIpc) is 3.00. The fourth-order valence-corrected chi connectivity index (χ4v) is 5.68. The molecule has 30 heavy (non-hydrogen) atoms. The van der Waals surface area contributed by atoms with Crippen molar-refractivity contribution in [3.05, 3.63) is 65.2 Å². The fourth-order valence-electron chi connectivity index (χ4n) is 4.11. The van der Waals surface area contributed by atoms with Crippen molar-refractivity contribution in [1.82, 2.24) is 9.73 Å². The highest BCUT2D eigenvalue weighted by atomic mass is 32.2. The van der Waals surface area contributed by atoms with Gasteiger partial charge in [-0.1, -0.05) is 36.8 Å². The van der Waals surface area contributed by atoms with E-state index in [9.17, 15) is 13.2 Å². The molecule has 0 saturated carbocycles. The minimum atomic E-state index is -3.58. The van der Waals surface area contributed by atoms with Crippen molar-refractivity contribution in [3.8, 4) is 0 Å². The summed E-state index contributed by atoms with van der Waals surface area (Å²) in [4.78, 5) is 12.9. The van der Waals surface area contributed by atoms with E-state index in [0.717, 1.165) is 56.2 Å². The number of carbonyl (C=O) groups is 1. The van der Waals surface area contributed by atoms with Crippen LogP contribution in [0.2, 0.25) is 0 Å². The number of nitrogens with zero attached hydrogens (tertiary/aromatic N) is 2. The Morgan fingerprint density at radius 3 is 2.50 bits per heavy atom. The van der Waals surface area contributed by atoms with Crippen molar-refractivity contribution in [2.45, 2.75) is 49.8 Å². The Bertz CT molecular complexity index is 1060. The van der Waals surface area contributed by atoms with E-state index in [-0.39, 0.29) is 4.90 Å². The number of sulfonamides is 1. The Morgan fingerprint density at radius 2 is 1.67 bits per heavy atom. The maximum atomic E-state index is 12.9. The molecular weight excluding hydrogens is 398 g/mol. The van der Waals surface area contributed by atoms with Crippen molar-refractivity contribution < 1.29 is 13.2 Å². The van der Waals surface area contributed by atoms with Gasteiger partial charge < -0.3 is 0 Å². The van der Waals surface area contributed by atoms with Crippen LogP contribution in [-0.4, -0.2) is 37.4 Å². The molecule has 0 bridgehead atoms. The van der Waals surface area contributed by atoms with Gasteiger partial charge in [-0.25, -0.2) is 13.8 Å². The van der Waals surface area contributed by atoms with E-state index in [1.54, 1.807) is 18.2 Å². The third kappa shape index (κ3) is 4.47. The van der Waals surface area contributed by atoms with E-state index in [1.807, 2.05) is 18.2 Å². The van der Waals surface area contributed by atoms with Gasteiger partial charge in [-0.2, -0.15) is 9.41 Å². The van der Waals surface area contributed by atoms with Gasteiger partial charge in [-0.05, 0) is 62.3 Å². The fraction of sp³-hybridized carbons (Fsp3) is 0.391. The smallest absolute Gasteiger partial charge is 0.267 e. The van der Waals surface area contributed by atoms with Crippen LogP contribution in [0.4, 0.5) is 0 Å². The largest absolute Gasteiger partial charge is 0.271 e. The van der Waals surface area contributed by atoms with Crippen LogP contribution in [-0.2, 0) is 16.4 Å². The first kappa shape index (κ1) is 20.8. The van der Waals surface area contributed by atoms with Crippen LogP contribution in [0.3, 0.4) is 0 Å². The number of hydrogen-bond acceptors (Lipinski definition) is 4. The van der Waals surface area contributed by atoms with Crippen molar-refractivity contribution in [3.63, 3.8) is 0 Å². The molecule has 1 amide bonds. The first-order chi connectivity index (χ1) is 14.6. The zero-order valence-electron chi connectivity index (χ0n) is 17.0. The Morgan fingerprint density at radius 1 is 0.900 bits per heavy atom. The SMILES string of the molecule is O=C(N/N=C1/CCCCc2ccccc21)c1cccc(S(=O)(=O)N2CCCCC2)c1. The van der Waals surface area contributed by atoms with Gasteiger partial charge in [0.1, 0.15) is 0 Å². The van der Waals surface area contributed by atoms with Crippen LogP contribution in [0.5, 0.6) is 0 Å². The molecule has 1 N–H and O–H groups in total. The van der Waals surface area contributed by atoms with E-state index < -0.39 is 15.9 Å². The first-order valence-corrected chi connectivity index (χ1v) is 12.0. The Kier molecular flexibility index (Phi) is 6.29. The lowest BCUT2D eigenvalue weighted by Crippen LogP contribution is -2.35. The van der Waals surface area contributed by atoms with Crippen molar-refractivity contribution in [1.29, 1.82) is 0 Å². The van der Waals surface area contributed by atoms with Gasteiger partial charge in [0.15, 0.2) is 0 Å². The van der Waals surface area contributed by atoms with Gasteiger partial charge in [0, 0.05) is 24.2 Å². The molecule has 0 radical (unpaired) electrons. The zero-order valence-corrected chi connectivity index (χ0v) is 17.8. The summed E-state index contributed by atoms with van der Waals surface area (Å²) in [6.07, 6.45) is 6.74. The number of rotatable bonds is 4. The van der Waals surface area contributed by atoms with Gasteiger partial charge in [0.05, 0.1) is 10.6 Å². The number of benzene rings is 2. The molecule has 6 nitrogen and oxygen atoms in total. The van der Waals surface area contributed by atoms with Crippen LogP contribution >= 0.6 is 0 Å². The predicted octanol–water partition coefficient (Wildman–Crippen LogP) is 3.72. The van der Waals surface area contributed by atoms with Crippen molar-refractivity contribution in [2.75, 3.05) is 13.1 Å². The molecule has 7 heteroatoms. The number of carbonyl (C=O) groups excluding carboxylic acids is 1. The molecule has 0 aromatic heterocycles. The molecule has 158 valence electrons. The van der Waals surface area contributed by atoms with Crippen molar-refractivity contribution in [2.24, 2.45) is 5.10 Å². The number of amides is 1. The van der Waals surface area contributed by atoms with Crippen LogP contribution in [0.15, 0.2) is 58.5 Å².